The molecule has 0 radical (unpaired) electrons. The molecule has 0 amide bonds. The summed E-state index contributed by atoms with van der Waals surface area (Å²) in [5.74, 6) is 3.38. The molecule has 0 aliphatic heterocycles. The van der Waals surface area contributed by atoms with Crippen LogP contribution in [0.1, 0.15) is 25.3 Å². The molecule has 1 fully saturated rings. The molecule has 1 unspecified atom stereocenters. The third kappa shape index (κ3) is 4.26. The van der Waals surface area contributed by atoms with Crippen LogP contribution in [0, 0.1) is 12.3 Å². The van der Waals surface area contributed by atoms with E-state index in [4.69, 9.17) is 11.2 Å². The van der Waals surface area contributed by atoms with Gasteiger partial charge < -0.3 is 10.1 Å². The topological polar surface area (TPSA) is 24.5 Å². The Morgan fingerprint density at radius 3 is 2.90 bits per heavy atom. The van der Waals surface area contributed by atoms with E-state index >= 15 is 0 Å². The van der Waals surface area contributed by atoms with Crippen LogP contribution >= 0.6 is 0 Å². The zero-order valence-corrected chi connectivity index (χ0v) is 12.4. The highest BCUT2D eigenvalue weighted by molar-refractivity contribution is 5.33. The van der Waals surface area contributed by atoms with Gasteiger partial charge in [-0.15, -0.1) is 6.42 Å². The molecule has 3 nitrogen and oxygen atoms in total. The number of hydrogen-bond acceptors (Lipinski definition) is 3. The van der Waals surface area contributed by atoms with Crippen LogP contribution < -0.4 is 10.1 Å². The van der Waals surface area contributed by atoms with Crippen molar-refractivity contribution in [2.24, 2.45) is 0 Å². The van der Waals surface area contributed by atoms with Gasteiger partial charge >= 0.3 is 0 Å². The van der Waals surface area contributed by atoms with Crippen molar-refractivity contribution in [2.45, 2.75) is 38.4 Å². The van der Waals surface area contributed by atoms with Gasteiger partial charge in [-0.1, -0.05) is 24.1 Å². The van der Waals surface area contributed by atoms with E-state index < -0.39 is 0 Å². The summed E-state index contributed by atoms with van der Waals surface area (Å²) in [4.78, 5) is 2.47. The second-order valence-corrected chi connectivity index (χ2v) is 5.48. The summed E-state index contributed by atoms with van der Waals surface area (Å²) in [6, 6.07) is 9.40. The number of nitrogens with zero attached hydrogens (tertiary/aromatic N) is 1. The van der Waals surface area contributed by atoms with Gasteiger partial charge in [0, 0.05) is 30.7 Å². The smallest absolute Gasteiger partial charge is 0.148 e. The Hall–Kier alpha value is -1.50. The normalized spacial score (nSPS) is 15.9. The predicted molar refractivity (Wildman–Crippen MR) is 82.7 cm³/mol. The molecule has 108 valence electrons. The first-order valence-electron chi connectivity index (χ1n) is 7.29. The molecule has 1 aliphatic rings. The molecular weight excluding hydrogens is 248 g/mol. The zero-order valence-electron chi connectivity index (χ0n) is 12.4. The predicted octanol–water partition coefficient (Wildman–Crippen LogP) is 2.27. The molecule has 0 saturated heterocycles. The van der Waals surface area contributed by atoms with Crippen LogP contribution in [-0.4, -0.2) is 37.2 Å². The van der Waals surface area contributed by atoms with Crippen molar-refractivity contribution in [3.05, 3.63) is 29.8 Å². The molecule has 0 spiro atoms. The number of para-hydroxylation sites is 1. The van der Waals surface area contributed by atoms with E-state index in [9.17, 15) is 0 Å². The second kappa shape index (κ2) is 7.33. The van der Waals surface area contributed by atoms with Crippen LogP contribution in [0.3, 0.4) is 0 Å². The Kier molecular flexibility index (Phi) is 5.46. The van der Waals surface area contributed by atoms with Gasteiger partial charge in [0.05, 0.1) is 0 Å². The van der Waals surface area contributed by atoms with Gasteiger partial charge in [-0.25, -0.2) is 0 Å². The first-order chi connectivity index (χ1) is 9.72. The largest absolute Gasteiger partial charge is 0.481 e. The molecule has 1 aliphatic carbocycles. The van der Waals surface area contributed by atoms with E-state index in [-0.39, 0.29) is 0 Å². The van der Waals surface area contributed by atoms with Crippen molar-refractivity contribution in [3.8, 4) is 18.1 Å². The fraction of sp³-hybridized carbons (Fsp3) is 0.529. The Morgan fingerprint density at radius 2 is 2.20 bits per heavy atom. The molecule has 1 saturated carbocycles. The highest BCUT2D eigenvalue weighted by atomic mass is 16.5. The number of likely N-dealkylation sites (N-methyl/N-ethyl adjacent to an activating group) is 1. The number of benzene rings is 1. The molecule has 20 heavy (non-hydrogen) atoms. The molecule has 0 bridgehead atoms. The maximum atomic E-state index is 5.55. The molecule has 1 N–H and O–H groups in total. The van der Waals surface area contributed by atoms with Crippen molar-refractivity contribution >= 4 is 0 Å². The van der Waals surface area contributed by atoms with Crippen LogP contribution in [0.15, 0.2) is 24.3 Å². The monoisotopic (exact) mass is 272 g/mol. The zero-order chi connectivity index (χ0) is 14.4. The highest BCUT2D eigenvalue weighted by Crippen LogP contribution is 2.26. The fourth-order valence-corrected chi connectivity index (χ4v) is 2.31. The molecule has 1 aromatic carbocycles. The first kappa shape index (κ1) is 14.9. The molecular formula is C17H24N2O. The number of nitrogens with one attached hydrogen (secondary N) is 1. The minimum atomic E-state index is 0.317. The van der Waals surface area contributed by atoms with Gasteiger partial charge in [0.25, 0.3) is 0 Å². The van der Waals surface area contributed by atoms with Crippen molar-refractivity contribution < 1.29 is 4.74 Å². The third-order valence-electron chi connectivity index (χ3n) is 3.86. The minimum absolute atomic E-state index is 0.317. The lowest BCUT2D eigenvalue weighted by Gasteiger charge is -2.24. The van der Waals surface area contributed by atoms with E-state index in [2.05, 4.69) is 36.2 Å². The van der Waals surface area contributed by atoms with E-state index in [1.165, 1.54) is 12.8 Å². The average molecular weight is 272 g/mol. The SMILES string of the molecule is C#CCOc1ccccc1CNCC(C)N(C)C1CC1. The maximum Gasteiger partial charge on any atom is 0.148 e. The van der Waals surface area contributed by atoms with Gasteiger partial charge in [-0.05, 0) is 32.9 Å². The second-order valence-electron chi connectivity index (χ2n) is 5.48. The summed E-state index contributed by atoms with van der Waals surface area (Å²) >= 11 is 0. The summed E-state index contributed by atoms with van der Waals surface area (Å²) in [7, 11) is 2.22. The Bertz CT molecular complexity index is 462. The molecule has 2 rings (SSSR count). The van der Waals surface area contributed by atoms with E-state index in [1.54, 1.807) is 0 Å². The molecule has 3 heteroatoms. The lowest BCUT2D eigenvalue weighted by Crippen LogP contribution is -2.38. The minimum Gasteiger partial charge on any atom is -0.481 e. The summed E-state index contributed by atoms with van der Waals surface area (Å²) in [5, 5.41) is 3.51. The summed E-state index contributed by atoms with van der Waals surface area (Å²) in [6.07, 6.45) is 7.94. The summed E-state index contributed by atoms with van der Waals surface area (Å²) < 4.78 is 5.55. The molecule has 1 atom stereocenters. The quantitative estimate of drug-likeness (QED) is 0.735. The molecule has 0 heterocycles. The van der Waals surface area contributed by atoms with Crippen molar-refractivity contribution in [1.82, 2.24) is 10.2 Å². The van der Waals surface area contributed by atoms with Crippen molar-refractivity contribution in [1.29, 1.82) is 0 Å². The highest BCUT2D eigenvalue weighted by Gasteiger charge is 2.28. The summed E-state index contributed by atoms with van der Waals surface area (Å²) in [5.41, 5.74) is 1.16. The Labute approximate surface area is 122 Å². The third-order valence-corrected chi connectivity index (χ3v) is 3.86. The van der Waals surface area contributed by atoms with Crippen LogP contribution in [0.4, 0.5) is 0 Å². The summed E-state index contributed by atoms with van der Waals surface area (Å²) in [6.45, 7) is 4.38. The number of hydrogen-bond donors (Lipinski definition) is 1. The van der Waals surface area contributed by atoms with Crippen LogP contribution in [0.2, 0.25) is 0 Å². The van der Waals surface area contributed by atoms with E-state index in [0.29, 0.717) is 12.6 Å². The number of rotatable bonds is 8. The van der Waals surface area contributed by atoms with E-state index in [0.717, 1.165) is 30.4 Å². The van der Waals surface area contributed by atoms with Crippen LogP contribution in [0.5, 0.6) is 5.75 Å². The average Bonchev–Trinajstić information content (AvgIpc) is 3.30. The van der Waals surface area contributed by atoms with Crippen LogP contribution in [-0.2, 0) is 6.54 Å². The Morgan fingerprint density at radius 1 is 1.45 bits per heavy atom. The standard InChI is InChI=1S/C17H24N2O/c1-4-11-20-17-8-6-5-7-15(17)13-18-12-14(2)19(3)16-9-10-16/h1,5-8,14,16,18H,9-13H2,2-3H3. The maximum absolute atomic E-state index is 5.55. The lowest BCUT2D eigenvalue weighted by atomic mass is 10.2. The Balaban J connectivity index is 1.79. The van der Waals surface area contributed by atoms with Gasteiger partial charge in [-0.3, -0.25) is 4.90 Å². The van der Waals surface area contributed by atoms with Crippen LogP contribution in [0.25, 0.3) is 0 Å². The lowest BCUT2D eigenvalue weighted by molar-refractivity contribution is 0.240. The van der Waals surface area contributed by atoms with Gasteiger partial charge in [0.1, 0.15) is 12.4 Å². The molecule has 0 aromatic heterocycles. The van der Waals surface area contributed by atoms with Crippen molar-refractivity contribution in [2.75, 3.05) is 20.2 Å². The number of ether oxygens (including phenoxy) is 1. The first-order valence-corrected chi connectivity index (χ1v) is 7.29. The van der Waals surface area contributed by atoms with E-state index in [1.807, 2.05) is 18.2 Å². The van der Waals surface area contributed by atoms with Crippen molar-refractivity contribution in [3.63, 3.8) is 0 Å². The fourth-order valence-electron chi connectivity index (χ4n) is 2.31. The molecule has 1 aromatic rings. The van der Waals surface area contributed by atoms with Gasteiger partial charge in [0.15, 0.2) is 0 Å². The van der Waals surface area contributed by atoms with Gasteiger partial charge in [-0.2, -0.15) is 0 Å². The number of terminal acetylenes is 1. The van der Waals surface area contributed by atoms with Gasteiger partial charge in [0.2, 0.25) is 0 Å².